The first-order valence-electron chi connectivity index (χ1n) is 10.3. The van der Waals surface area contributed by atoms with Gasteiger partial charge in [-0.3, -0.25) is 9.59 Å². The van der Waals surface area contributed by atoms with Crippen LogP contribution in [0.5, 0.6) is 0 Å². The lowest BCUT2D eigenvalue weighted by molar-refractivity contribution is -0.117. The Morgan fingerprint density at radius 1 is 1.00 bits per heavy atom. The van der Waals surface area contributed by atoms with E-state index < -0.39 is 22.1 Å². The first-order valence-corrected chi connectivity index (χ1v) is 12.1. The van der Waals surface area contributed by atoms with Gasteiger partial charge in [0.05, 0.1) is 32.6 Å². The average molecular weight is 546 g/mol. The number of anilines is 1. The fourth-order valence-electron chi connectivity index (χ4n) is 4.26. The number of hydrogen-bond donors (Lipinski definition) is 2. The van der Waals surface area contributed by atoms with Gasteiger partial charge in [0.1, 0.15) is 4.33 Å². The fraction of sp³-hybridized carbons (Fsp3) is 0.348. The SMILES string of the molecule is N#CC1CCC(NC(=O)c2cc(NC(=O)[C@@H]3[C@@H](c4ccc(Cl)c(Cl)c4)C3(Cl)Cl)ccc2Cl)C1. The minimum atomic E-state index is -1.30. The highest BCUT2D eigenvalue weighted by atomic mass is 35.5. The number of nitrogens with zero attached hydrogens (tertiary/aromatic N) is 1. The third kappa shape index (κ3) is 5.06. The molecule has 172 valence electrons. The Morgan fingerprint density at radius 2 is 1.73 bits per heavy atom. The summed E-state index contributed by atoms with van der Waals surface area (Å²) in [6.07, 6.45) is 2.11. The summed E-state index contributed by atoms with van der Waals surface area (Å²) in [6.45, 7) is 0. The Morgan fingerprint density at radius 3 is 2.39 bits per heavy atom. The summed E-state index contributed by atoms with van der Waals surface area (Å²) in [4.78, 5) is 25.7. The molecule has 0 spiro atoms. The molecule has 5 nitrogen and oxygen atoms in total. The average Bonchev–Trinajstić information content (AvgIpc) is 3.10. The largest absolute Gasteiger partial charge is 0.349 e. The maximum atomic E-state index is 12.9. The van der Waals surface area contributed by atoms with Crippen molar-refractivity contribution < 1.29 is 9.59 Å². The maximum Gasteiger partial charge on any atom is 0.253 e. The normalized spacial score (nSPS) is 25.2. The van der Waals surface area contributed by atoms with Crippen LogP contribution in [0.4, 0.5) is 5.69 Å². The van der Waals surface area contributed by atoms with E-state index in [1.165, 1.54) is 12.1 Å². The second-order valence-electron chi connectivity index (χ2n) is 8.30. The summed E-state index contributed by atoms with van der Waals surface area (Å²) in [6, 6.07) is 11.8. The molecule has 10 heteroatoms. The highest BCUT2D eigenvalue weighted by Gasteiger charge is 2.67. The first-order chi connectivity index (χ1) is 15.6. The lowest BCUT2D eigenvalue weighted by atomic mass is 10.1. The molecule has 4 atom stereocenters. The monoisotopic (exact) mass is 543 g/mol. The molecule has 0 radical (unpaired) electrons. The number of amides is 2. The molecular weight excluding hydrogens is 528 g/mol. The van der Waals surface area contributed by atoms with E-state index >= 15 is 0 Å². The summed E-state index contributed by atoms with van der Waals surface area (Å²) < 4.78 is -1.30. The lowest BCUT2D eigenvalue weighted by Crippen LogP contribution is -2.33. The number of hydrogen-bond acceptors (Lipinski definition) is 3. The van der Waals surface area contributed by atoms with Crippen molar-refractivity contribution in [2.75, 3.05) is 5.32 Å². The molecule has 2 aliphatic rings. The molecule has 2 unspecified atom stereocenters. The van der Waals surface area contributed by atoms with Gasteiger partial charge in [-0.2, -0.15) is 5.26 Å². The molecule has 2 fully saturated rings. The van der Waals surface area contributed by atoms with Gasteiger partial charge in [0, 0.05) is 23.6 Å². The molecule has 2 aromatic carbocycles. The quantitative estimate of drug-likeness (QED) is 0.416. The molecule has 2 saturated carbocycles. The van der Waals surface area contributed by atoms with Crippen molar-refractivity contribution in [2.24, 2.45) is 11.8 Å². The summed E-state index contributed by atoms with van der Waals surface area (Å²) in [5, 5.41) is 15.7. The van der Waals surface area contributed by atoms with E-state index in [-0.39, 0.29) is 28.5 Å². The molecule has 2 amide bonds. The van der Waals surface area contributed by atoms with Crippen molar-refractivity contribution in [3.8, 4) is 6.07 Å². The van der Waals surface area contributed by atoms with Crippen LogP contribution in [0.3, 0.4) is 0 Å². The van der Waals surface area contributed by atoms with E-state index in [0.717, 1.165) is 12.8 Å². The van der Waals surface area contributed by atoms with Gasteiger partial charge in [-0.15, -0.1) is 23.2 Å². The van der Waals surface area contributed by atoms with E-state index in [2.05, 4.69) is 16.7 Å². The fourth-order valence-corrected chi connectivity index (χ4v) is 5.60. The lowest BCUT2D eigenvalue weighted by Gasteiger charge is -2.14. The predicted octanol–water partition coefficient (Wildman–Crippen LogP) is 6.59. The Bertz CT molecular complexity index is 1160. The zero-order valence-electron chi connectivity index (χ0n) is 17.0. The van der Waals surface area contributed by atoms with Crippen LogP contribution < -0.4 is 10.6 Å². The van der Waals surface area contributed by atoms with Gasteiger partial charge in [0.2, 0.25) is 5.91 Å². The van der Waals surface area contributed by atoms with Crippen LogP contribution in [-0.4, -0.2) is 22.2 Å². The predicted molar refractivity (Wildman–Crippen MR) is 131 cm³/mol. The number of rotatable bonds is 5. The molecule has 0 saturated heterocycles. The van der Waals surface area contributed by atoms with Crippen molar-refractivity contribution >= 4 is 75.5 Å². The van der Waals surface area contributed by atoms with Gasteiger partial charge in [0.25, 0.3) is 5.91 Å². The van der Waals surface area contributed by atoms with Gasteiger partial charge < -0.3 is 10.6 Å². The molecule has 4 rings (SSSR count). The number of nitrogens with one attached hydrogen (secondary N) is 2. The molecule has 33 heavy (non-hydrogen) atoms. The molecule has 2 aliphatic carbocycles. The minimum Gasteiger partial charge on any atom is -0.349 e. The number of carbonyl (C=O) groups excluding carboxylic acids is 2. The zero-order valence-corrected chi connectivity index (χ0v) is 20.8. The first kappa shape index (κ1) is 24.4. The van der Waals surface area contributed by atoms with E-state index in [9.17, 15) is 9.59 Å². The standard InChI is InChI=1S/C23H18Cl5N3O2/c24-16-6-4-14(9-15(16)21(32)30-13-3-1-11(7-13)10-29)31-22(33)20-19(23(20,27)28)12-2-5-17(25)18(26)8-12/h2,4-6,8-9,11,13,19-20H,1,3,7H2,(H,30,32)(H,31,33)/t11?,13?,19-,20+/m1/s1. The highest BCUT2D eigenvalue weighted by molar-refractivity contribution is 6.53. The Labute approximate surface area is 216 Å². The number of carbonyl (C=O) groups is 2. The smallest absolute Gasteiger partial charge is 0.253 e. The van der Waals surface area contributed by atoms with Crippen LogP contribution in [0.25, 0.3) is 0 Å². The van der Waals surface area contributed by atoms with Crippen LogP contribution in [0.2, 0.25) is 15.1 Å². The van der Waals surface area contributed by atoms with Gasteiger partial charge in [0.15, 0.2) is 0 Å². The van der Waals surface area contributed by atoms with Gasteiger partial charge in [-0.05, 0) is 55.2 Å². The number of nitriles is 1. The van der Waals surface area contributed by atoms with E-state index in [0.29, 0.717) is 27.7 Å². The van der Waals surface area contributed by atoms with Crippen molar-refractivity contribution in [3.63, 3.8) is 0 Å². The van der Waals surface area contributed by atoms with Crippen LogP contribution in [0.1, 0.15) is 41.1 Å². The van der Waals surface area contributed by atoms with Crippen molar-refractivity contribution in [3.05, 3.63) is 62.6 Å². The van der Waals surface area contributed by atoms with Crippen LogP contribution in [0, 0.1) is 23.2 Å². The molecule has 0 heterocycles. The van der Waals surface area contributed by atoms with Gasteiger partial charge >= 0.3 is 0 Å². The number of benzene rings is 2. The topological polar surface area (TPSA) is 82.0 Å². The third-order valence-electron chi connectivity index (χ3n) is 6.07. The van der Waals surface area contributed by atoms with Crippen LogP contribution in [-0.2, 0) is 4.79 Å². The molecule has 0 aromatic heterocycles. The molecule has 0 bridgehead atoms. The summed E-state index contributed by atoms with van der Waals surface area (Å²) >= 11 is 31.1. The summed E-state index contributed by atoms with van der Waals surface area (Å²) in [5.74, 6) is -1.97. The maximum absolute atomic E-state index is 12.9. The summed E-state index contributed by atoms with van der Waals surface area (Å²) in [7, 11) is 0. The Kier molecular flexibility index (Phi) is 7.05. The van der Waals surface area contributed by atoms with E-state index in [1.807, 2.05) is 0 Å². The zero-order chi connectivity index (χ0) is 23.9. The minimum absolute atomic E-state index is 0.0511. The van der Waals surface area contributed by atoms with Crippen LogP contribution in [0.15, 0.2) is 36.4 Å². The molecule has 2 N–H and O–H groups in total. The Balaban J connectivity index is 1.46. The summed E-state index contributed by atoms with van der Waals surface area (Å²) in [5.41, 5.74) is 1.33. The molecule has 2 aromatic rings. The van der Waals surface area contributed by atoms with Crippen molar-refractivity contribution in [1.82, 2.24) is 5.32 Å². The highest BCUT2D eigenvalue weighted by Crippen LogP contribution is 2.65. The van der Waals surface area contributed by atoms with Gasteiger partial charge in [-0.25, -0.2) is 0 Å². The number of alkyl halides is 2. The van der Waals surface area contributed by atoms with E-state index in [4.69, 9.17) is 63.3 Å². The third-order valence-corrected chi connectivity index (χ3v) is 8.08. The van der Waals surface area contributed by atoms with Gasteiger partial charge in [-0.1, -0.05) is 40.9 Å². The molecule has 0 aliphatic heterocycles. The second kappa shape index (κ2) is 9.52. The Hall–Kier alpha value is -1.68. The van der Waals surface area contributed by atoms with Crippen LogP contribution >= 0.6 is 58.0 Å². The molecular formula is C23H18Cl5N3O2. The van der Waals surface area contributed by atoms with Crippen molar-refractivity contribution in [2.45, 2.75) is 35.6 Å². The number of halogens is 5. The van der Waals surface area contributed by atoms with E-state index in [1.54, 1.807) is 24.3 Å². The van der Waals surface area contributed by atoms with Crippen molar-refractivity contribution in [1.29, 1.82) is 5.26 Å². The second-order valence-corrected chi connectivity index (χ2v) is 11.0.